The standard InChI is InChI=1S/C56H35NOS/c1-2-10-38(11-3-1)47-15-8-16-50-51-17-9-18-52(56(51)59-55(47)50)57(44-30-24-37(25-31-44)41-27-33-49-48-14-6-7-19-53(48)58-54(49)35-41)43-28-22-36(23-29-43)40-26-32-46-42(34-40)21-20-39-12-4-5-13-45(39)46/h1-35H. The van der Waals surface area contributed by atoms with E-state index in [0.29, 0.717) is 0 Å². The molecule has 2 aromatic heterocycles. The van der Waals surface area contributed by atoms with Crippen molar-refractivity contribution in [1.29, 1.82) is 0 Å². The average Bonchev–Trinajstić information content (AvgIpc) is 3.88. The van der Waals surface area contributed by atoms with Gasteiger partial charge in [0.25, 0.3) is 0 Å². The van der Waals surface area contributed by atoms with Crippen molar-refractivity contribution in [2.24, 2.45) is 0 Å². The lowest BCUT2D eigenvalue weighted by Crippen LogP contribution is -2.10. The van der Waals surface area contributed by atoms with Crippen LogP contribution in [-0.4, -0.2) is 0 Å². The maximum atomic E-state index is 6.27. The summed E-state index contributed by atoms with van der Waals surface area (Å²) in [7, 11) is 0. The molecule has 12 rings (SSSR count). The van der Waals surface area contributed by atoms with Crippen molar-refractivity contribution < 1.29 is 4.42 Å². The number of fused-ring (bicyclic) bond motifs is 9. The normalized spacial score (nSPS) is 11.7. The summed E-state index contributed by atoms with van der Waals surface area (Å²) in [6.45, 7) is 0. The van der Waals surface area contributed by atoms with Crippen molar-refractivity contribution in [3.8, 4) is 33.4 Å². The van der Waals surface area contributed by atoms with Crippen molar-refractivity contribution >= 4 is 92.1 Å². The minimum atomic E-state index is 0.903. The van der Waals surface area contributed by atoms with Gasteiger partial charge < -0.3 is 9.32 Å². The van der Waals surface area contributed by atoms with Crippen molar-refractivity contribution in [3.63, 3.8) is 0 Å². The van der Waals surface area contributed by atoms with Gasteiger partial charge in [0.1, 0.15) is 11.2 Å². The molecule has 2 heterocycles. The summed E-state index contributed by atoms with van der Waals surface area (Å²) in [6.07, 6.45) is 0. The molecule has 0 bridgehead atoms. The molecule has 0 saturated carbocycles. The largest absolute Gasteiger partial charge is 0.456 e. The average molecular weight is 770 g/mol. The maximum Gasteiger partial charge on any atom is 0.136 e. The molecule has 0 aliphatic rings. The van der Waals surface area contributed by atoms with Crippen LogP contribution in [0.2, 0.25) is 0 Å². The molecule has 0 amide bonds. The second-order valence-corrected chi connectivity index (χ2v) is 16.3. The highest BCUT2D eigenvalue weighted by Gasteiger charge is 2.20. The van der Waals surface area contributed by atoms with Crippen LogP contribution in [0.3, 0.4) is 0 Å². The summed E-state index contributed by atoms with van der Waals surface area (Å²) in [5, 5.41) is 9.91. The number of nitrogens with zero attached hydrogens (tertiary/aromatic N) is 1. The fraction of sp³-hybridized carbons (Fsp3) is 0. The van der Waals surface area contributed by atoms with E-state index in [1.54, 1.807) is 0 Å². The van der Waals surface area contributed by atoms with Crippen molar-refractivity contribution in [2.45, 2.75) is 0 Å². The van der Waals surface area contributed by atoms with Gasteiger partial charge in [-0.1, -0.05) is 158 Å². The molecular weight excluding hydrogens is 735 g/mol. The van der Waals surface area contributed by atoms with E-state index in [1.807, 2.05) is 23.5 Å². The molecule has 59 heavy (non-hydrogen) atoms. The molecular formula is C56H35NOS. The summed E-state index contributed by atoms with van der Waals surface area (Å²) in [6, 6.07) is 77.0. The Kier molecular flexibility index (Phi) is 7.75. The van der Waals surface area contributed by atoms with Crippen molar-refractivity contribution in [3.05, 3.63) is 212 Å². The lowest BCUT2D eigenvalue weighted by Gasteiger charge is -2.26. The molecule has 3 heteroatoms. The van der Waals surface area contributed by atoms with Crippen LogP contribution < -0.4 is 4.90 Å². The Morgan fingerprint density at radius 1 is 0.322 bits per heavy atom. The molecule has 12 aromatic rings. The van der Waals surface area contributed by atoms with Crippen LogP contribution >= 0.6 is 11.3 Å². The molecule has 0 unspecified atom stereocenters. The monoisotopic (exact) mass is 769 g/mol. The van der Waals surface area contributed by atoms with Gasteiger partial charge in [-0.05, 0) is 110 Å². The van der Waals surface area contributed by atoms with Crippen LogP contribution in [0.15, 0.2) is 217 Å². The predicted molar refractivity (Wildman–Crippen MR) is 253 cm³/mol. The van der Waals surface area contributed by atoms with Crippen molar-refractivity contribution in [1.82, 2.24) is 0 Å². The van der Waals surface area contributed by atoms with Crippen LogP contribution in [0, 0.1) is 0 Å². The van der Waals surface area contributed by atoms with Crippen LogP contribution in [0.25, 0.3) is 97.0 Å². The highest BCUT2D eigenvalue weighted by atomic mass is 32.1. The predicted octanol–water partition coefficient (Wildman–Crippen LogP) is 16.7. The maximum absolute atomic E-state index is 6.27. The zero-order chi connectivity index (χ0) is 38.9. The third-order valence-corrected chi connectivity index (χ3v) is 13.1. The molecule has 0 aliphatic carbocycles. The van der Waals surface area contributed by atoms with Gasteiger partial charge in [0.2, 0.25) is 0 Å². The Morgan fingerprint density at radius 2 is 0.881 bits per heavy atom. The number of thiophene rings is 1. The van der Waals surface area contributed by atoms with Gasteiger partial charge in [-0.3, -0.25) is 0 Å². The highest BCUT2D eigenvalue weighted by molar-refractivity contribution is 7.27. The van der Waals surface area contributed by atoms with Crippen LogP contribution in [0.4, 0.5) is 17.1 Å². The van der Waals surface area contributed by atoms with E-state index in [-0.39, 0.29) is 0 Å². The van der Waals surface area contributed by atoms with E-state index in [2.05, 4.69) is 205 Å². The first-order valence-electron chi connectivity index (χ1n) is 20.1. The van der Waals surface area contributed by atoms with E-state index >= 15 is 0 Å². The van der Waals surface area contributed by atoms with E-state index in [1.165, 1.54) is 64.0 Å². The fourth-order valence-electron chi connectivity index (χ4n) is 8.96. The number of benzene rings is 10. The number of anilines is 3. The summed E-state index contributed by atoms with van der Waals surface area (Å²) < 4.78 is 8.83. The molecule has 0 aliphatic heterocycles. The minimum Gasteiger partial charge on any atom is -0.456 e. The minimum absolute atomic E-state index is 0.903. The summed E-state index contributed by atoms with van der Waals surface area (Å²) in [5.74, 6) is 0. The lowest BCUT2D eigenvalue weighted by molar-refractivity contribution is 0.669. The van der Waals surface area contributed by atoms with Crippen LogP contribution in [0.5, 0.6) is 0 Å². The Hall–Kier alpha value is -7.46. The Labute approximate surface area is 345 Å². The lowest BCUT2D eigenvalue weighted by atomic mass is 9.97. The Bertz CT molecular complexity index is 3540. The number of para-hydroxylation sites is 1. The molecule has 0 radical (unpaired) electrons. The highest BCUT2D eigenvalue weighted by Crippen LogP contribution is 2.47. The Balaban J connectivity index is 0.983. The molecule has 0 atom stereocenters. The second-order valence-electron chi connectivity index (χ2n) is 15.3. The molecule has 2 nitrogen and oxygen atoms in total. The number of furan rings is 1. The number of hydrogen-bond donors (Lipinski definition) is 0. The molecule has 276 valence electrons. The first-order chi connectivity index (χ1) is 29.2. The summed E-state index contributed by atoms with van der Waals surface area (Å²) in [5.41, 5.74) is 12.3. The topological polar surface area (TPSA) is 16.4 Å². The Morgan fingerprint density at radius 3 is 1.66 bits per heavy atom. The fourth-order valence-corrected chi connectivity index (χ4v) is 10.3. The van der Waals surface area contributed by atoms with Crippen LogP contribution in [-0.2, 0) is 0 Å². The zero-order valence-electron chi connectivity index (χ0n) is 32.0. The molecule has 10 aromatic carbocycles. The third kappa shape index (κ3) is 5.62. The van der Waals surface area contributed by atoms with Gasteiger partial charge in [0.15, 0.2) is 0 Å². The molecule has 0 fully saturated rings. The zero-order valence-corrected chi connectivity index (χ0v) is 32.8. The first kappa shape index (κ1) is 33.7. The van der Waals surface area contributed by atoms with Crippen LogP contribution in [0.1, 0.15) is 0 Å². The van der Waals surface area contributed by atoms with Crippen molar-refractivity contribution in [2.75, 3.05) is 4.90 Å². The van der Waals surface area contributed by atoms with E-state index in [9.17, 15) is 0 Å². The number of hydrogen-bond acceptors (Lipinski definition) is 3. The van der Waals surface area contributed by atoms with Gasteiger partial charge >= 0.3 is 0 Å². The molecule has 0 N–H and O–H groups in total. The third-order valence-electron chi connectivity index (χ3n) is 11.9. The first-order valence-corrected chi connectivity index (χ1v) is 20.9. The number of rotatable bonds is 6. The van der Waals surface area contributed by atoms with Gasteiger partial charge in [0, 0.05) is 37.6 Å². The van der Waals surface area contributed by atoms with E-state index in [0.717, 1.165) is 50.1 Å². The quantitative estimate of drug-likeness (QED) is 0.157. The van der Waals surface area contributed by atoms with Gasteiger partial charge in [-0.15, -0.1) is 11.3 Å². The van der Waals surface area contributed by atoms with Gasteiger partial charge in [-0.2, -0.15) is 0 Å². The smallest absolute Gasteiger partial charge is 0.136 e. The summed E-state index contributed by atoms with van der Waals surface area (Å²) >= 11 is 1.88. The van der Waals surface area contributed by atoms with E-state index in [4.69, 9.17) is 4.42 Å². The molecule has 0 saturated heterocycles. The van der Waals surface area contributed by atoms with E-state index < -0.39 is 0 Å². The summed E-state index contributed by atoms with van der Waals surface area (Å²) in [4.78, 5) is 2.42. The molecule has 0 spiro atoms. The van der Waals surface area contributed by atoms with Gasteiger partial charge in [0.05, 0.1) is 10.4 Å². The van der Waals surface area contributed by atoms with Gasteiger partial charge in [-0.25, -0.2) is 0 Å². The second kappa shape index (κ2) is 13.6. The SMILES string of the molecule is c1ccc(-c2cccc3c2sc2c(N(c4ccc(-c5ccc6c(ccc7ccccc76)c5)cc4)c4ccc(-c5ccc6c(c5)oc5ccccc56)cc4)cccc23)cc1.